The van der Waals surface area contributed by atoms with Gasteiger partial charge in [0.05, 0.1) is 10.7 Å². The number of benzene rings is 2. The number of nitrogens with zero attached hydrogens (tertiary/aromatic N) is 2. The molecule has 0 bridgehead atoms. The molecule has 0 unspecified atom stereocenters. The lowest BCUT2D eigenvalue weighted by atomic mass is 10.1. The molecule has 0 atom stereocenters. The Morgan fingerprint density at radius 2 is 1.58 bits per heavy atom. The molecule has 0 amide bonds. The minimum Gasteiger partial charge on any atom is -0.434 e. The molecule has 2 aromatic carbocycles. The van der Waals surface area contributed by atoms with E-state index in [4.69, 9.17) is 4.42 Å². The molecule has 4 rings (SSSR count). The number of rotatable bonds is 4. The third-order valence-corrected chi connectivity index (χ3v) is 4.79. The van der Waals surface area contributed by atoms with E-state index in [0.29, 0.717) is 29.3 Å². The predicted molar refractivity (Wildman–Crippen MR) is 96.9 cm³/mol. The molecule has 3 nitrogen and oxygen atoms in total. The standard InChI is InChI=1S/C20H14F2N2OS/c1-12-19(25-20(23-12)14-4-8-16(22)9-5-14)17-11-26-18(24-17)10-13-2-6-15(21)7-3-13/h2-9,11H,10H2,1H3. The quantitative estimate of drug-likeness (QED) is 0.468. The zero-order valence-electron chi connectivity index (χ0n) is 13.9. The molecule has 6 heteroatoms. The second kappa shape index (κ2) is 6.80. The zero-order chi connectivity index (χ0) is 18.1. The van der Waals surface area contributed by atoms with Crippen LogP contribution in [0.1, 0.15) is 16.3 Å². The molecule has 0 aliphatic carbocycles. The molecular formula is C20H14F2N2OS. The number of halogens is 2. The van der Waals surface area contributed by atoms with Crippen LogP contribution in [0.25, 0.3) is 22.9 Å². The SMILES string of the molecule is Cc1nc(-c2ccc(F)cc2)oc1-c1csc(Cc2ccc(F)cc2)n1. The first-order chi connectivity index (χ1) is 12.6. The summed E-state index contributed by atoms with van der Waals surface area (Å²) in [5.74, 6) is 0.484. The molecular weight excluding hydrogens is 354 g/mol. The number of aryl methyl sites for hydroxylation is 1. The van der Waals surface area contributed by atoms with Crippen LogP contribution in [0.15, 0.2) is 58.3 Å². The van der Waals surface area contributed by atoms with Crippen molar-refractivity contribution in [1.29, 1.82) is 0 Å². The fraction of sp³-hybridized carbons (Fsp3) is 0.100. The Balaban J connectivity index is 1.59. The number of thiazole rings is 1. The van der Waals surface area contributed by atoms with Gasteiger partial charge in [0.25, 0.3) is 0 Å². The summed E-state index contributed by atoms with van der Waals surface area (Å²) in [6, 6.07) is 12.4. The monoisotopic (exact) mass is 368 g/mol. The summed E-state index contributed by atoms with van der Waals surface area (Å²) in [5.41, 5.74) is 3.14. The van der Waals surface area contributed by atoms with E-state index in [1.807, 2.05) is 12.3 Å². The van der Waals surface area contributed by atoms with Gasteiger partial charge in [0, 0.05) is 17.4 Å². The van der Waals surface area contributed by atoms with Crippen molar-refractivity contribution in [2.24, 2.45) is 0 Å². The van der Waals surface area contributed by atoms with Gasteiger partial charge in [-0.2, -0.15) is 0 Å². The van der Waals surface area contributed by atoms with Gasteiger partial charge in [-0.05, 0) is 48.9 Å². The molecule has 4 aromatic rings. The molecule has 26 heavy (non-hydrogen) atoms. The number of hydrogen-bond donors (Lipinski definition) is 0. The van der Waals surface area contributed by atoms with Crippen LogP contribution < -0.4 is 0 Å². The van der Waals surface area contributed by atoms with Crippen LogP contribution >= 0.6 is 11.3 Å². The minimum atomic E-state index is -0.304. The average molecular weight is 368 g/mol. The van der Waals surface area contributed by atoms with Gasteiger partial charge in [-0.15, -0.1) is 11.3 Å². The molecule has 130 valence electrons. The molecule has 0 saturated heterocycles. The largest absolute Gasteiger partial charge is 0.434 e. The van der Waals surface area contributed by atoms with Crippen molar-refractivity contribution in [3.63, 3.8) is 0 Å². The van der Waals surface area contributed by atoms with Crippen molar-refractivity contribution in [2.45, 2.75) is 13.3 Å². The van der Waals surface area contributed by atoms with Gasteiger partial charge in [-0.3, -0.25) is 0 Å². The van der Waals surface area contributed by atoms with E-state index in [1.54, 1.807) is 24.3 Å². The van der Waals surface area contributed by atoms with Gasteiger partial charge < -0.3 is 4.42 Å². The third-order valence-electron chi connectivity index (χ3n) is 3.94. The Morgan fingerprint density at radius 3 is 2.27 bits per heavy atom. The highest BCUT2D eigenvalue weighted by molar-refractivity contribution is 7.10. The Bertz CT molecular complexity index is 1040. The maximum Gasteiger partial charge on any atom is 0.227 e. The van der Waals surface area contributed by atoms with Gasteiger partial charge in [-0.1, -0.05) is 12.1 Å². The third kappa shape index (κ3) is 3.41. The first kappa shape index (κ1) is 16.6. The van der Waals surface area contributed by atoms with Gasteiger partial charge in [0.1, 0.15) is 17.3 Å². The molecule has 0 N–H and O–H groups in total. The number of oxazole rings is 1. The molecule has 0 radical (unpaired) electrons. The van der Waals surface area contributed by atoms with Gasteiger partial charge >= 0.3 is 0 Å². The molecule has 0 spiro atoms. The van der Waals surface area contributed by atoms with E-state index < -0.39 is 0 Å². The van der Waals surface area contributed by atoms with E-state index in [9.17, 15) is 8.78 Å². The van der Waals surface area contributed by atoms with E-state index >= 15 is 0 Å². The van der Waals surface area contributed by atoms with Gasteiger partial charge in [-0.25, -0.2) is 18.7 Å². The van der Waals surface area contributed by atoms with Crippen molar-refractivity contribution < 1.29 is 13.2 Å². The Hall–Kier alpha value is -2.86. The fourth-order valence-electron chi connectivity index (χ4n) is 2.62. The number of aromatic nitrogens is 2. The second-order valence-corrected chi connectivity index (χ2v) is 6.81. The maximum absolute atomic E-state index is 13.1. The van der Waals surface area contributed by atoms with Crippen LogP contribution in [-0.2, 0) is 6.42 Å². The van der Waals surface area contributed by atoms with Crippen LogP contribution in [-0.4, -0.2) is 9.97 Å². The number of hydrogen-bond acceptors (Lipinski definition) is 4. The summed E-state index contributed by atoms with van der Waals surface area (Å²) >= 11 is 1.52. The first-order valence-corrected chi connectivity index (χ1v) is 8.89. The van der Waals surface area contributed by atoms with Crippen LogP contribution in [0.5, 0.6) is 0 Å². The van der Waals surface area contributed by atoms with Crippen LogP contribution in [0.2, 0.25) is 0 Å². The maximum atomic E-state index is 13.1. The minimum absolute atomic E-state index is 0.251. The molecule has 2 heterocycles. The van der Waals surface area contributed by atoms with Crippen molar-refractivity contribution in [3.8, 4) is 22.9 Å². The summed E-state index contributed by atoms with van der Waals surface area (Å²) in [6.45, 7) is 1.85. The lowest BCUT2D eigenvalue weighted by Gasteiger charge is -1.97. The van der Waals surface area contributed by atoms with E-state index in [-0.39, 0.29) is 11.6 Å². The van der Waals surface area contributed by atoms with Crippen molar-refractivity contribution >= 4 is 11.3 Å². The highest BCUT2D eigenvalue weighted by Gasteiger charge is 2.16. The van der Waals surface area contributed by atoms with E-state index in [0.717, 1.165) is 16.3 Å². The lowest BCUT2D eigenvalue weighted by molar-refractivity contribution is 0.585. The molecule has 0 saturated carbocycles. The summed E-state index contributed by atoms with van der Waals surface area (Å²) in [4.78, 5) is 9.03. The van der Waals surface area contributed by atoms with E-state index in [1.165, 1.54) is 35.6 Å². The van der Waals surface area contributed by atoms with Crippen molar-refractivity contribution in [2.75, 3.05) is 0 Å². The summed E-state index contributed by atoms with van der Waals surface area (Å²) in [7, 11) is 0. The summed E-state index contributed by atoms with van der Waals surface area (Å²) in [6.07, 6.45) is 0.628. The topological polar surface area (TPSA) is 38.9 Å². The van der Waals surface area contributed by atoms with Crippen molar-refractivity contribution in [3.05, 3.63) is 81.8 Å². The Labute approximate surface area is 153 Å². The molecule has 0 fully saturated rings. The van der Waals surface area contributed by atoms with Crippen LogP contribution in [0.4, 0.5) is 8.78 Å². The summed E-state index contributed by atoms with van der Waals surface area (Å²) in [5, 5.41) is 2.83. The lowest BCUT2D eigenvalue weighted by Crippen LogP contribution is -1.88. The zero-order valence-corrected chi connectivity index (χ0v) is 14.7. The smallest absolute Gasteiger partial charge is 0.227 e. The highest BCUT2D eigenvalue weighted by atomic mass is 32.1. The molecule has 0 aliphatic rings. The first-order valence-electron chi connectivity index (χ1n) is 8.01. The van der Waals surface area contributed by atoms with Gasteiger partial charge in [0.2, 0.25) is 5.89 Å². The van der Waals surface area contributed by atoms with Crippen LogP contribution in [0, 0.1) is 18.6 Å². The molecule has 0 aliphatic heterocycles. The van der Waals surface area contributed by atoms with Crippen molar-refractivity contribution in [1.82, 2.24) is 9.97 Å². The highest BCUT2D eigenvalue weighted by Crippen LogP contribution is 2.30. The fourth-order valence-corrected chi connectivity index (χ4v) is 3.43. The predicted octanol–water partition coefficient (Wildman–Crippen LogP) is 5.64. The Morgan fingerprint density at radius 1 is 0.923 bits per heavy atom. The Kier molecular flexibility index (Phi) is 4.34. The second-order valence-electron chi connectivity index (χ2n) is 5.87. The summed E-state index contributed by atoms with van der Waals surface area (Å²) < 4.78 is 31.9. The van der Waals surface area contributed by atoms with Crippen LogP contribution in [0.3, 0.4) is 0 Å². The average Bonchev–Trinajstić information content (AvgIpc) is 3.24. The van der Waals surface area contributed by atoms with E-state index in [2.05, 4.69) is 9.97 Å². The van der Waals surface area contributed by atoms with Gasteiger partial charge in [0.15, 0.2) is 5.76 Å². The molecule has 2 aromatic heterocycles. The normalized spacial score (nSPS) is 11.0.